The molecule has 0 radical (unpaired) electrons. The molecule has 0 spiro atoms. The van der Waals surface area contributed by atoms with E-state index in [-0.39, 0.29) is 11.9 Å². The van der Waals surface area contributed by atoms with Gasteiger partial charge in [-0.05, 0) is 6.42 Å². The van der Waals surface area contributed by atoms with Crippen LogP contribution in [0.1, 0.15) is 26.2 Å². The molecule has 12 heavy (non-hydrogen) atoms. The van der Waals surface area contributed by atoms with Crippen molar-refractivity contribution in [3.05, 3.63) is 0 Å². The van der Waals surface area contributed by atoms with Gasteiger partial charge in [-0.2, -0.15) is 0 Å². The van der Waals surface area contributed by atoms with E-state index in [1.54, 1.807) is 0 Å². The average molecular weight is 178 g/mol. The third-order valence-electron chi connectivity index (χ3n) is 1.41. The molecule has 1 atom stereocenters. The molecule has 0 saturated carbocycles. The third-order valence-corrected chi connectivity index (χ3v) is 1.41. The van der Waals surface area contributed by atoms with Crippen molar-refractivity contribution in [3.8, 4) is 0 Å². The normalized spacial score (nSPS) is 11.4. The second-order valence-electron chi connectivity index (χ2n) is 2.42. The molecule has 5 nitrogen and oxygen atoms in total. The lowest BCUT2D eigenvalue weighted by Gasteiger charge is -2.06. The lowest BCUT2D eigenvalue weighted by Crippen LogP contribution is -2.17. The van der Waals surface area contributed by atoms with Crippen molar-refractivity contribution >= 4 is 11.9 Å². The Morgan fingerprint density at radius 1 is 1.33 bits per heavy atom. The molecule has 1 unspecified atom stereocenters. The van der Waals surface area contributed by atoms with Gasteiger partial charge in [0.1, 0.15) is 0 Å². The Balaban J connectivity index is 0. The average Bonchev–Trinajstić information content (AvgIpc) is 1.86. The Kier molecular flexibility index (Phi) is 7.42. The molecular weight excluding hydrogens is 164 g/mol. The highest BCUT2D eigenvalue weighted by atomic mass is 16.4. The summed E-state index contributed by atoms with van der Waals surface area (Å²) in [7, 11) is 0. The highest BCUT2D eigenvalue weighted by Crippen LogP contribution is 2.10. The van der Waals surface area contributed by atoms with Gasteiger partial charge in [0.15, 0.2) is 0 Å². The molecule has 0 bridgehead atoms. The highest BCUT2D eigenvalue weighted by molar-refractivity contribution is 5.77. The molecule has 0 rings (SSSR count). The molecule has 0 aliphatic rings. The second-order valence-corrected chi connectivity index (χ2v) is 2.42. The molecule has 0 aromatic carbocycles. The van der Waals surface area contributed by atoms with Gasteiger partial charge in [-0.25, -0.2) is 0 Å². The number of carboxylic acids is 2. The topological polar surface area (TPSA) is 106 Å². The van der Waals surface area contributed by atoms with Crippen molar-refractivity contribution in [2.24, 2.45) is 5.92 Å². The van der Waals surface area contributed by atoms with Crippen molar-refractivity contribution in [2.45, 2.75) is 26.2 Å². The highest BCUT2D eigenvalue weighted by Gasteiger charge is 2.19. The van der Waals surface area contributed by atoms with E-state index in [0.717, 1.165) is 0 Å². The summed E-state index contributed by atoms with van der Waals surface area (Å²) in [4.78, 5) is 20.5. The zero-order valence-corrected chi connectivity index (χ0v) is 6.91. The molecular formula is C7H14O5. The summed E-state index contributed by atoms with van der Waals surface area (Å²) in [5.74, 6) is -2.79. The van der Waals surface area contributed by atoms with Crippen molar-refractivity contribution < 1.29 is 25.3 Å². The maximum atomic E-state index is 10.4. The lowest BCUT2D eigenvalue weighted by atomic mass is 10.0. The maximum absolute atomic E-state index is 10.4. The van der Waals surface area contributed by atoms with Crippen LogP contribution in [0.2, 0.25) is 0 Å². The van der Waals surface area contributed by atoms with E-state index < -0.39 is 17.9 Å². The summed E-state index contributed by atoms with van der Waals surface area (Å²) in [6.45, 7) is 1.83. The summed E-state index contributed by atoms with van der Waals surface area (Å²) >= 11 is 0. The summed E-state index contributed by atoms with van der Waals surface area (Å²) in [5, 5.41) is 16.8. The Bertz CT molecular complexity index is 154. The molecule has 72 valence electrons. The van der Waals surface area contributed by atoms with Crippen LogP contribution in [0.15, 0.2) is 0 Å². The van der Waals surface area contributed by atoms with Gasteiger partial charge in [-0.15, -0.1) is 0 Å². The van der Waals surface area contributed by atoms with Crippen molar-refractivity contribution in [3.63, 3.8) is 0 Å². The lowest BCUT2D eigenvalue weighted by molar-refractivity contribution is -0.148. The minimum atomic E-state index is -1.05. The first-order chi connectivity index (χ1) is 5.07. The molecule has 5 heteroatoms. The number of hydrogen-bond acceptors (Lipinski definition) is 2. The van der Waals surface area contributed by atoms with Crippen LogP contribution in [0.3, 0.4) is 0 Å². The van der Waals surface area contributed by atoms with Gasteiger partial charge in [0, 0.05) is 0 Å². The van der Waals surface area contributed by atoms with Crippen LogP contribution >= 0.6 is 0 Å². The summed E-state index contributed by atoms with van der Waals surface area (Å²) in [5.41, 5.74) is 0. The van der Waals surface area contributed by atoms with Crippen LogP contribution in [-0.2, 0) is 9.59 Å². The van der Waals surface area contributed by atoms with E-state index in [0.29, 0.717) is 12.8 Å². The molecule has 0 amide bonds. The van der Waals surface area contributed by atoms with Gasteiger partial charge in [-0.1, -0.05) is 13.3 Å². The summed E-state index contributed by atoms with van der Waals surface area (Å²) in [6.07, 6.45) is 0.856. The number of hydrogen-bond donors (Lipinski definition) is 2. The molecule has 0 heterocycles. The molecule has 0 aromatic heterocycles. The van der Waals surface area contributed by atoms with Gasteiger partial charge in [-0.3, -0.25) is 9.59 Å². The Morgan fingerprint density at radius 2 is 1.83 bits per heavy atom. The smallest absolute Gasteiger partial charge is 0.307 e. The Morgan fingerprint density at radius 3 is 2.08 bits per heavy atom. The van der Waals surface area contributed by atoms with E-state index in [2.05, 4.69) is 0 Å². The Hall–Kier alpha value is -1.10. The van der Waals surface area contributed by atoms with Gasteiger partial charge >= 0.3 is 11.9 Å². The molecule has 0 saturated heterocycles. The van der Waals surface area contributed by atoms with Crippen molar-refractivity contribution in [1.29, 1.82) is 0 Å². The number of rotatable bonds is 5. The van der Waals surface area contributed by atoms with E-state index in [1.807, 2.05) is 6.92 Å². The quantitative estimate of drug-likeness (QED) is 0.624. The molecule has 0 aliphatic heterocycles. The first kappa shape index (κ1) is 13.5. The number of aliphatic carboxylic acids is 2. The molecule has 4 N–H and O–H groups in total. The fourth-order valence-corrected chi connectivity index (χ4v) is 0.872. The van der Waals surface area contributed by atoms with Gasteiger partial charge in [0.05, 0.1) is 12.3 Å². The number of carboxylic acid groups (broad SMARTS) is 2. The SMILES string of the molecule is CCCC(CC(=O)O)C(=O)O.O. The predicted molar refractivity (Wildman–Crippen MR) is 41.9 cm³/mol. The van der Waals surface area contributed by atoms with Gasteiger partial charge in [0.25, 0.3) is 0 Å². The molecule has 0 aliphatic carbocycles. The van der Waals surface area contributed by atoms with E-state index in [4.69, 9.17) is 10.2 Å². The minimum Gasteiger partial charge on any atom is -0.481 e. The van der Waals surface area contributed by atoms with Gasteiger partial charge in [0.2, 0.25) is 0 Å². The molecule has 0 aromatic rings. The standard InChI is InChI=1S/C7H12O4.H2O/c1-2-3-5(7(10)11)4-6(8)9;/h5H,2-4H2,1H3,(H,8,9)(H,10,11);1H2. The summed E-state index contributed by atoms with van der Waals surface area (Å²) in [6, 6.07) is 0. The van der Waals surface area contributed by atoms with Gasteiger partial charge < -0.3 is 15.7 Å². The van der Waals surface area contributed by atoms with Crippen LogP contribution in [0.4, 0.5) is 0 Å². The zero-order chi connectivity index (χ0) is 8.85. The van der Waals surface area contributed by atoms with Crippen molar-refractivity contribution in [2.75, 3.05) is 0 Å². The molecule has 0 fully saturated rings. The Labute approximate surface area is 70.3 Å². The maximum Gasteiger partial charge on any atom is 0.307 e. The second kappa shape index (κ2) is 6.60. The van der Waals surface area contributed by atoms with E-state index >= 15 is 0 Å². The van der Waals surface area contributed by atoms with E-state index in [9.17, 15) is 9.59 Å². The largest absolute Gasteiger partial charge is 0.481 e. The van der Waals surface area contributed by atoms with E-state index in [1.165, 1.54) is 0 Å². The fourth-order valence-electron chi connectivity index (χ4n) is 0.872. The first-order valence-corrected chi connectivity index (χ1v) is 3.52. The summed E-state index contributed by atoms with van der Waals surface area (Å²) < 4.78 is 0. The third kappa shape index (κ3) is 5.67. The monoisotopic (exact) mass is 178 g/mol. The minimum absolute atomic E-state index is 0. The van der Waals surface area contributed by atoms with Crippen LogP contribution in [0, 0.1) is 5.92 Å². The van der Waals surface area contributed by atoms with Crippen molar-refractivity contribution in [1.82, 2.24) is 0 Å². The zero-order valence-electron chi connectivity index (χ0n) is 6.91. The van der Waals surface area contributed by atoms with Crippen LogP contribution in [0.25, 0.3) is 0 Å². The van der Waals surface area contributed by atoms with Crippen LogP contribution < -0.4 is 0 Å². The van der Waals surface area contributed by atoms with Crippen LogP contribution in [0.5, 0.6) is 0 Å². The van der Waals surface area contributed by atoms with Crippen LogP contribution in [-0.4, -0.2) is 27.6 Å². The number of carbonyl (C=O) groups is 2. The first-order valence-electron chi connectivity index (χ1n) is 3.52. The predicted octanol–water partition coefficient (Wildman–Crippen LogP) is 0.137. The fraction of sp³-hybridized carbons (Fsp3) is 0.714.